The molecule has 2 aromatic rings. The molecule has 1 aromatic carbocycles. The first kappa shape index (κ1) is 10.9. The third-order valence-electron chi connectivity index (χ3n) is 2.06. The van der Waals surface area contributed by atoms with E-state index in [9.17, 15) is 8.42 Å². The molecule has 0 unspecified atom stereocenters. The summed E-state index contributed by atoms with van der Waals surface area (Å²) in [6, 6.07) is 5.47. The predicted molar refractivity (Wildman–Crippen MR) is 62.8 cm³/mol. The highest BCUT2D eigenvalue weighted by Gasteiger charge is 2.09. The zero-order valence-corrected chi connectivity index (χ0v) is 10.3. The highest BCUT2D eigenvalue weighted by atomic mass is 35.7. The number of hydrogen-bond acceptors (Lipinski definition) is 4. The van der Waals surface area contributed by atoms with Crippen LogP contribution in [-0.2, 0) is 14.8 Å². The largest absolute Gasteiger partial charge is 0.236 e. The Balaban J connectivity index is 2.48. The average Bonchev–Trinajstić information content (AvgIpc) is 2.45. The van der Waals surface area contributed by atoms with E-state index in [0.29, 0.717) is 5.56 Å². The lowest BCUT2D eigenvalue weighted by atomic mass is 10.2. The Bertz CT molecular complexity index is 604. The van der Waals surface area contributed by atoms with Crippen molar-refractivity contribution in [3.05, 3.63) is 29.5 Å². The SMILES string of the molecule is Cc1nsc2cc(CS(=O)(=O)Cl)ccc12. The molecule has 0 atom stereocenters. The van der Waals surface area contributed by atoms with Crippen LogP contribution in [-0.4, -0.2) is 12.8 Å². The Morgan fingerprint density at radius 3 is 2.87 bits per heavy atom. The number of aromatic nitrogens is 1. The van der Waals surface area contributed by atoms with Crippen LogP contribution in [0.5, 0.6) is 0 Å². The zero-order valence-electron chi connectivity index (χ0n) is 7.90. The Labute approximate surface area is 96.3 Å². The summed E-state index contributed by atoms with van der Waals surface area (Å²) >= 11 is 1.37. The minimum Gasteiger partial charge on any atom is -0.212 e. The molecule has 0 radical (unpaired) electrons. The second-order valence-electron chi connectivity index (χ2n) is 3.28. The van der Waals surface area contributed by atoms with Crippen molar-refractivity contribution in [1.82, 2.24) is 4.37 Å². The minimum atomic E-state index is -3.48. The number of nitrogens with zero attached hydrogens (tertiary/aromatic N) is 1. The van der Waals surface area contributed by atoms with Crippen LogP contribution in [0, 0.1) is 6.92 Å². The molecule has 0 bridgehead atoms. The van der Waals surface area contributed by atoms with Gasteiger partial charge in [-0.15, -0.1) is 0 Å². The van der Waals surface area contributed by atoms with Crippen LogP contribution in [0.1, 0.15) is 11.3 Å². The number of hydrogen-bond donors (Lipinski definition) is 0. The van der Waals surface area contributed by atoms with Gasteiger partial charge in [-0.05, 0) is 30.1 Å². The monoisotopic (exact) mass is 261 g/mol. The maximum atomic E-state index is 10.9. The highest BCUT2D eigenvalue weighted by Crippen LogP contribution is 2.24. The van der Waals surface area contributed by atoms with Crippen LogP contribution < -0.4 is 0 Å². The molecule has 80 valence electrons. The molecule has 0 saturated heterocycles. The molecule has 0 aliphatic carbocycles. The van der Waals surface area contributed by atoms with Gasteiger partial charge >= 0.3 is 0 Å². The minimum absolute atomic E-state index is 0.137. The van der Waals surface area contributed by atoms with Crippen LogP contribution in [0.15, 0.2) is 18.2 Å². The number of fused-ring (bicyclic) bond motifs is 1. The third kappa shape index (κ3) is 2.48. The maximum Gasteiger partial charge on any atom is 0.236 e. The number of halogens is 1. The maximum absolute atomic E-state index is 10.9. The lowest BCUT2D eigenvalue weighted by Gasteiger charge is -1.97. The Kier molecular flexibility index (Phi) is 2.70. The van der Waals surface area contributed by atoms with E-state index in [-0.39, 0.29) is 5.75 Å². The van der Waals surface area contributed by atoms with Gasteiger partial charge in [0.05, 0.1) is 16.1 Å². The molecule has 15 heavy (non-hydrogen) atoms. The molecule has 0 aliphatic heterocycles. The van der Waals surface area contributed by atoms with Gasteiger partial charge in [0.25, 0.3) is 0 Å². The fraction of sp³-hybridized carbons (Fsp3) is 0.222. The van der Waals surface area contributed by atoms with Crippen molar-refractivity contribution in [2.75, 3.05) is 0 Å². The van der Waals surface area contributed by atoms with Gasteiger partial charge in [0.1, 0.15) is 0 Å². The molecule has 2 rings (SSSR count). The van der Waals surface area contributed by atoms with Crippen molar-refractivity contribution in [3.63, 3.8) is 0 Å². The molecule has 0 spiro atoms. The Hall–Kier alpha value is -0.650. The second-order valence-corrected chi connectivity index (χ2v) is 6.86. The molecule has 3 nitrogen and oxygen atoms in total. The molecule has 1 aromatic heterocycles. The topological polar surface area (TPSA) is 47.0 Å². The van der Waals surface area contributed by atoms with Crippen LogP contribution >= 0.6 is 22.2 Å². The van der Waals surface area contributed by atoms with Crippen LogP contribution in [0.4, 0.5) is 0 Å². The first-order valence-corrected chi connectivity index (χ1v) is 7.48. The first-order valence-electron chi connectivity index (χ1n) is 4.23. The summed E-state index contributed by atoms with van der Waals surface area (Å²) in [6.07, 6.45) is 0. The quantitative estimate of drug-likeness (QED) is 0.781. The molecule has 0 saturated carbocycles. The smallest absolute Gasteiger partial charge is 0.212 e. The molecule has 1 heterocycles. The van der Waals surface area contributed by atoms with Gasteiger partial charge in [0, 0.05) is 16.1 Å². The van der Waals surface area contributed by atoms with Gasteiger partial charge < -0.3 is 0 Å². The summed E-state index contributed by atoms with van der Waals surface area (Å²) in [5.74, 6) is -0.137. The molecular weight excluding hydrogens is 254 g/mol. The summed E-state index contributed by atoms with van der Waals surface area (Å²) in [5.41, 5.74) is 1.66. The van der Waals surface area contributed by atoms with E-state index in [1.807, 2.05) is 19.1 Å². The Morgan fingerprint density at radius 1 is 1.47 bits per heavy atom. The van der Waals surface area contributed by atoms with E-state index in [1.54, 1.807) is 6.07 Å². The van der Waals surface area contributed by atoms with Crippen molar-refractivity contribution in [1.29, 1.82) is 0 Å². The normalized spacial score (nSPS) is 12.1. The van der Waals surface area contributed by atoms with Crippen molar-refractivity contribution >= 4 is 41.4 Å². The van der Waals surface area contributed by atoms with Gasteiger partial charge in [-0.25, -0.2) is 8.42 Å². The fourth-order valence-corrected chi connectivity index (χ4v) is 3.20. The van der Waals surface area contributed by atoms with Crippen molar-refractivity contribution in [2.45, 2.75) is 12.7 Å². The highest BCUT2D eigenvalue weighted by molar-refractivity contribution is 8.13. The van der Waals surface area contributed by atoms with Gasteiger partial charge in [-0.2, -0.15) is 4.37 Å². The van der Waals surface area contributed by atoms with Crippen LogP contribution in [0.2, 0.25) is 0 Å². The van der Waals surface area contributed by atoms with E-state index < -0.39 is 9.05 Å². The van der Waals surface area contributed by atoms with E-state index in [4.69, 9.17) is 10.7 Å². The molecule has 6 heteroatoms. The van der Waals surface area contributed by atoms with Crippen LogP contribution in [0.3, 0.4) is 0 Å². The molecular formula is C9H8ClNO2S2. The van der Waals surface area contributed by atoms with E-state index in [1.165, 1.54) is 11.5 Å². The van der Waals surface area contributed by atoms with E-state index >= 15 is 0 Å². The first-order chi connectivity index (χ1) is 6.96. The third-order valence-corrected chi connectivity index (χ3v) is 3.96. The molecule has 0 aliphatic rings. The predicted octanol–water partition coefficient (Wildman–Crippen LogP) is 2.67. The summed E-state index contributed by atoms with van der Waals surface area (Å²) in [5, 5.41) is 1.07. The Morgan fingerprint density at radius 2 is 2.20 bits per heavy atom. The van der Waals surface area contributed by atoms with Gasteiger partial charge in [-0.3, -0.25) is 0 Å². The van der Waals surface area contributed by atoms with Gasteiger partial charge in [0.15, 0.2) is 0 Å². The second kappa shape index (κ2) is 3.73. The summed E-state index contributed by atoms with van der Waals surface area (Å²) < 4.78 is 27.0. The fourth-order valence-electron chi connectivity index (χ4n) is 1.40. The van der Waals surface area contributed by atoms with E-state index in [2.05, 4.69) is 4.37 Å². The molecule has 0 amide bonds. The lowest BCUT2D eigenvalue weighted by molar-refractivity contribution is 0.609. The van der Waals surface area contributed by atoms with Gasteiger partial charge in [-0.1, -0.05) is 12.1 Å². The van der Waals surface area contributed by atoms with Crippen LogP contribution in [0.25, 0.3) is 10.1 Å². The van der Waals surface area contributed by atoms with Gasteiger partial charge in [0.2, 0.25) is 9.05 Å². The summed E-state index contributed by atoms with van der Waals surface area (Å²) in [7, 11) is 1.70. The van der Waals surface area contributed by atoms with Crippen molar-refractivity contribution < 1.29 is 8.42 Å². The van der Waals surface area contributed by atoms with E-state index in [0.717, 1.165) is 15.8 Å². The number of benzene rings is 1. The van der Waals surface area contributed by atoms with Crippen molar-refractivity contribution in [2.24, 2.45) is 0 Å². The zero-order chi connectivity index (χ0) is 11.1. The summed E-state index contributed by atoms with van der Waals surface area (Å²) in [6.45, 7) is 1.93. The number of rotatable bonds is 2. The molecule has 0 N–H and O–H groups in total. The lowest BCUT2D eigenvalue weighted by Crippen LogP contribution is -1.94. The van der Waals surface area contributed by atoms with Crippen molar-refractivity contribution in [3.8, 4) is 0 Å². The standard InChI is InChI=1S/C9H8ClNO2S2/c1-6-8-3-2-7(5-15(10,12)13)4-9(8)14-11-6/h2-4H,5H2,1H3. The summed E-state index contributed by atoms with van der Waals surface area (Å²) in [4.78, 5) is 0. The average molecular weight is 262 g/mol. The molecule has 0 fully saturated rings. The number of aryl methyl sites for hydroxylation is 1.